The van der Waals surface area contributed by atoms with Gasteiger partial charge in [0, 0.05) is 8.04 Å². The fourth-order valence-corrected chi connectivity index (χ4v) is 3.39. The van der Waals surface area contributed by atoms with Crippen LogP contribution >= 0.6 is 50.1 Å². The standard InChI is InChI=1S/C16H16BrClINO/c1-3-20-16(12-9-11(19)5-6-13(12)17)10-4-7-14(18)15(8-10)21-2/h4-9,16,20H,3H2,1-2H3. The lowest BCUT2D eigenvalue weighted by atomic mass is 9.98. The molecule has 5 heteroatoms. The second-order valence-electron chi connectivity index (χ2n) is 4.55. The normalized spacial score (nSPS) is 12.2. The highest BCUT2D eigenvalue weighted by molar-refractivity contribution is 14.1. The van der Waals surface area contributed by atoms with E-state index in [0.717, 1.165) is 16.6 Å². The molecule has 2 nitrogen and oxygen atoms in total. The minimum atomic E-state index is 0.0882. The summed E-state index contributed by atoms with van der Waals surface area (Å²) in [5.74, 6) is 0.693. The second-order valence-corrected chi connectivity index (χ2v) is 7.06. The lowest BCUT2D eigenvalue weighted by Gasteiger charge is -2.21. The Hall–Kier alpha value is -0.300. The van der Waals surface area contributed by atoms with Gasteiger partial charge in [-0.15, -0.1) is 0 Å². The molecule has 112 valence electrons. The molecule has 2 aromatic rings. The Balaban J connectivity index is 2.50. The number of benzene rings is 2. The first-order valence-corrected chi connectivity index (χ1v) is 8.83. The number of nitrogens with one attached hydrogen (secondary N) is 1. The first-order valence-electron chi connectivity index (χ1n) is 6.58. The van der Waals surface area contributed by atoms with Gasteiger partial charge in [-0.2, -0.15) is 0 Å². The zero-order chi connectivity index (χ0) is 15.4. The first-order chi connectivity index (χ1) is 10.1. The zero-order valence-electron chi connectivity index (χ0n) is 11.8. The number of methoxy groups -OCH3 is 1. The monoisotopic (exact) mass is 479 g/mol. The van der Waals surface area contributed by atoms with Gasteiger partial charge in [-0.05, 0) is 70.6 Å². The zero-order valence-corrected chi connectivity index (χ0v) is 16.3. The molecule has 1 unspecified atom stereocenters. The fourth-order valence-electron chi connectivity index (χ4n) is 2.20. The van der Waals surface area contributed by atoms with E-state index in [-0.39, 0.29) is 6.04 Å². The summed E-state index contributed by atoms with van der Waals surface area (Å²) in [6, 6.07) is 12.3. The van der Waals surface area contributed by atoms with Gasteiger partial charge in [-0.1, -0.05) is 40.5 Å². The average Bonchev–Trinajstić information content (AvgIpc) is 2.48. The summed E-state index contributed by atoms with van der Waals surface area (Å²) in [5, 5.41) is 4.15. The van der Waals surface area contributed by atoms with Crippen molar-refractivity contribution in [2.75, 3.05) is 13.7 Å². The van der Waals surface area contributed by atoms with E-state index in [1.165, 1.54) is 9.13 Å². The van der Waals surface area contributed by atoms with Crippen molar-refractivity contribution in [2.45, 2.75) is 13.0 Å². The summed E-state index contributed by atoms with van der Waals surface area (Å²) in [5.41, 5.74) is 2.33. The number of hydrogen-bond donors (Lipinski definition) is 1. The summed E-state index contributed by atoms with van der Waals surface area (Å²) >= 11 is 12.1. The largest absolute Gasteiger partial charge is 0.495 e. The third-order valence-corrected chi connectivity index (χ3v) is 4.89. The van der Waals surface area contributed by atoms with Gasteiger partial charge in [0.1, 0.15) is 5.75 Å². The molecule has 0 heterocycles. The van der Waals surface area contributed by atoms with E-state index in [2.05, 4.69) is 69.0 Å². The number of halogens is 3. The lowest BCUT2D eigenvalue weighted by Crippen LogP contribution is -2.22. The molecule has 21 heavy (non-hydrogen) atoms. The summed E-state index contributed by atoms with van der Waals surface area (Å²) in [6.45, 7) is 2.97. The molecule has 0 aliphatic carbocycles. The molecule has 0 saturated heterocycles. The van der Waals surface area contributed by atoms with Crippen LogP contribution in [0.5, 0.6) is 5.75 Å². The van der Waals surface area contributed by atoms with Gasteiger partial charge in [0.2, 0.25) is 0 Å². The smallest absolute Gasteiger partial charge is 0.137 e. The Labute approximate surface area is 152 Å². The predicted octanol–water partition coefficient (Wildman–Crippen LogP) is 5.41. The Morgan fingerprint density at radius 1 is 1.29 bits per heavy atom. The van der Waals surface area contributed by atoms with Crippen LogP contribution in [0.3, 0.4) is 0 Å². The van der Waals surface area contributed by atoms with E-state index in [0.29, 0.717) is 10.8 Å². The van der Waals surface area contributed by atoms with Crippen LogP contribution < -0.4 is 10.1 Å². The molecule has 0 radical (unpaired) electrons. The fraction of sp³-hybridized carbons (Fsp3) is 0.250. The molecule has 1 N–H and O–H groups in total. The van der Waals surface area contributed by atoms with Crippen LogP contribution in [0.1, 0.15) is 24.1 Å². The van der Waals surface area contributed by atoms with Crippen molar-refractivity contribution in [3.8, 4) is 5.75 Å². The highest BCUT2D eigenvalue weighted by atomic mass is 127. The van der Waals surface area contributed by atoms with Gasteiger partial charge < -0.3 is 10.1 Å². The Morgan fingerprint density at radius 3 is 2.71 bits per heavy atom. The van der Waals surface area contributed by atoms with E-state index < -0.39 is 0 Å². The van der Waals surface area contributed by atoms with E-state index in [1.807, 2.05) is 18.2 Å². The lowest BCUT2D eigenvalue weighted by molar-refractivity contribution is 0.414. The Morgan fingerprint density at radius 2 is 2.05 bits per heavy atom. The predicted molar refractivity (Wildman–Crippen MR) is 100 cm³/mol. The third kappa shape index (κ3) is 4.12. The van der Waals surface area contributed by atoms with Crippen molar-refractivity contribution in [3.63, 3.8) is 0 Å². The van der Waals surface area contributed by atoms with Crippen LogP contribution in [0.2, 0.25) is 5.02 Å². The Bertz CT molecular complexity index is 636. The van der Waals surface area contributed by atoms with Crippen LogP contribution in [0.4, 0.5) is 0 Å². The molecule has 0 saturated carbocycles. The summed E-state index contributed by atoms with van der Waals surface area (Å²) < 4.78 is 7.62. The Kier molecular flexibility index (Phi) is 6.34. The van der Waals surface area contributed by atoms with Crippen LogP contribution in [-0.2, 0) is 0 Å². The maximum atomic E-state index is 6.12. The molecule has 0 bridgehead atoms. The van der Waals surface area contributed by atoms with Gasteiger partial charge in [0.05, 0.1) is 18.2 Å². The van der Waals surface area contributed by atoms with E-state index in [1.54, 1.807) is 7.11 Å². The molecule has 2 rings (SSSR count). The topological polar surface area (TPSA) is 21.3 Å². The van der Waals surface area contributed by atoms with Crippen LogP contribution in [0, 0.1) is 3.57 Å². The third-order valence-electron chi connectivity index (χ3n) is 3.19. The average molecular weight is 481 g/mol. The van der Waals surface area contributed by atoms with Crippen LogP contribution in [-0.4, -0.2) is 13.7 Å². The SMILES string of the molecule is CCNC(c1ccc(Cl)c(OC)c1)c1cc(I)ccc1Br. The van der Waals surface area contributed by atoms with Gasteiger partial charge in [0.25, 0.3) is 0 Å². The van der Waals surface area contributed by atoms with Crippen molar-refractivity contribution in [2.24, 2.45) is 0 Å². The van der Waals surface area contributed by atoms with Crippen molar-refractivity contribution in [1.29, 1.82) is 0 Å². The van der Waals surface area contributed by atoms with Gasteiger partial charge in [-0.25, -0.2) is 0 Å². The minimum Gasteiger partial charge on any atom is -0.495 e. The molecule has 0 aliphatic heterocycles. The quantitative estimate of drug-likeness (QED) is 0.578. The van der Waals surface area contributed by atoms with Crippen molar-refractivity contribution < 1.29 is 4.74 Å². The summed E-state index contributed by atoms with van der Waals surface area (Å²) in [4.78, 5) is 0. The molecular weight excluding hydrogens is 464 g/mol. The van der Waals surface area contributed by atoms with Crippen molar-refractivity contribution >= 4 is 50.1 Å². The number of ether oxygens (including phenoxy) is 1. The minimum absolute atomic E-state index is 0.0882. The second kappa shape index (κ2) is 7.81. The van der Waals surface area contributed by atoms with Crippen molar-refractivity contribution in [3.05, 3.63) is 60.6 Å². The number of hydrogen-bond acceptors (Lipinski definition) is 2. The van der Waals surface area contributed by atoms with Crippen LogP contribution in [0.25, 0.3) is 0 Å². The molecule has 0 amide bonds. The molecule has 0 spiro atoms. The number of rotatable bonds is 5. The summed E-state index contributed by atoms with van der Waals surface area (Å²) in [6.07, 6.45) is 0. The molecule has 0 aliphatic rings. The van der Waals surface area contributed by atoms with Gasteiger partial charge in [-0.3, -0.25) is 0 Å². The van der Waals surface area contributed by atoms with E-state index >= 15 is 0 Å². The highest BCUT2D eigenvalue weighted by Gasteiger charge is 2.17. The van der Waals surface area contributed by atoms with E-state index in [4.69, 9.17) is 16.3 Å². The highest BCUT2D eigenvalue weighted by Crippen LogP contribution is 2.34. The molecule has 0 fully saturated rings. The molecular formula is C16H16BrClINO. The van der Waals surface area contributed by atoms with Gasteiger partial charge >= 0.3 is 0 Å². The van der Waals surface area contributed by atoms with Gasteiger partial charge in [0.15, 0.2) is 0 Å². The molecule has 0 aromatic heterocycles. The summed E-state index contributed by atoms with van der Waals surface area (Å²) in [7, 11) is 1.63. The molecule has 2 aromatic carbocycles. The maximum absolute atomic E-state index is 6.12. The first kappa shape index (κ1) is 17.1. The molecule has 1 atom stereocenters. The van der Waals surface area contributed by atoms with E-state index in [9.17, 15) is 0 Å². The van der Waals surface area contributed by atoms with Crippen LogP contribution in [0.15, 0.2) is 40.9 Å². The van der Waals surface area contributed by atoms with Crippen molar-refractivity contribution in [1.82, 2.24) is 5.32 Å². The maximum Gasteiger partial charge on any atom is 0.137 e.